The number of carbonyl (C=O) groups excluding carboxylic acids is 1. The molecule has 6 heteroatoms. The zero-order valence-electron chi connectivity index (χ0n) is 18.1. The topological polar surface area (TPSA) is 77.8 Å². The summed E-state index contributed by atoms with van der Waals surface area (Å²) in [5.41, 5.74) is 3.87. The third kappa shape index (κ3) is 4.64. The Morgan fingerprint density at radius 1 is 0.938 bits per heavy atom. The summed E-state index contributed by atoms with van der Waals surface area (Å²) in [4.78, 5) is 24.9. The highest BCUT2D eigenvalue weighted by molar-refractivity contribution is 5.92. The molecule has 0 bridgehead atoms. The van der Waals surface area contributed by atoms with Gasteiger partial charge in [0.25, 0.3) is 5.91 Å². The number of aryl methyl sites for hydroxylation is 2. The Hall–Kier alpha value is -4.06. The first-order chi connectivity index (χ1) is 15.4. The van der Waals surface area contributed by atoms with E-state index in [0.29, 0.717) is 22.5 Å². The number of rotatable bonds is 6. The van der Waals surface area contributed by atoms with Crippen molar-refractivity contribution in [1.82, 2.24) is 0 Å². The van der Waals surface area contributed by atoms with Crippen molar-refractivity contribution in [3.8, 4) is 22.8 Å². The van der Waals surface area contributed by atoms with E-state index in [1.165, 1.54) is 6.07 Å². The molecule has 0 atom stereocenters. The van der Waals surface area contributed by atoms with Gasteiger partial charge in [0.05, 0.1) is 12.5 Å². The molecule has 0 radical (unpaired) electrons. The molecule has 1 amide bonds. The van der Waals surface area contributed by atoms with Crippen LogP contribution in [0, 0.1) is 13.8 Å². The molecule has 1 aromatic heterocycles. The van der Waals surface area contributed by atoms with Crippen LogP contribution in [0.15, 0.2) is 75.9 Å². The first-order valence-electron chi connectivity index (χ1n) is 10.2. The van der Waals surface area contributed by atoms with Gasteiger partial charge in [-0.25, -0.2) is 0 Å². The average molecular weight is 429 g/mol. The zero-order valence-corrected chi connectivity index (χ0v) is 18.1. The Morgan fingerprint density at radius 3 is 2.41 bits per heavy atom. The Morgan fingerprint density at radius 2 is 1.69 bits per heavy atom. The van der Waals surface area contributed by atoms with Crippen LogP contribution in [0.2, 0.25) is 0 Å². The first kappa shape index (κ1) is 21.2. The number of benzene rings is 3. The maximum Gasteiger partial charge on any atom is 0.262 e. The third-order valence-electron chi connectivity index (χ3n) is 5.10. The summed E-state index contributed by atoms with van der Waals surface area (Å²) in [6, 6.07) is 19.4. The quantitative estimate of drug-likeness (QED) is 0.461. The lowest BCUT2D eigenvalue weighted by Gasteiger charge is -2.11. The van der Waals surface area contributed by atoms with E-state index in [1.54, 1.807) is 37.4 Å². The smallest absolute Gasteiger partial charge is 0.262 e. The third-order valence-corrected chi connectivity index (χ3v) is 5.10. The molecule has 0 unspecified atom stereocenters. The second-order valence-electron chi connectivity index (χ2n) is 7.52. The molecule has 162 valence electrons. The predicted molar refractivity (Wildman–Crippen MR) is 125 cm³/mol. The zero-order chi connectivity index (χ0) is 22.7. The number of hydrogen-bond donors (Lipinski definition) is 1. The van der Waals surface area contributed by atoms with Gasteiger partial charge in [-0.2, -0.15) is 0 Å². The minimum absolute atomic E-state index is 0.173. The van der Waals surface area contributed by atoms with Gasteiger partial charge in [0.2, 0.25) is 0 Å². The van der Waals surface area contributed by atoms with E-state index in [-0.39, 0.29) is 17.9 Å². The SMILES string of the molecule is COc1ccc(-c2cc(=O)c3cc(OCC(=O)Nc4ccc(C)cc4C)ccc3o2)cc1. The Bertz CT molecular complexity index is 1340. The van der Waals surface area contributed by atoms with Crippen molar-refractivity contribution in [3.05, 3.63) is 88.1 Å². The molecule has 4 rings (SSSR count). The molecule has 0 aliphatic carbocycles. The molecular formula is C26H23NO5. The Kier molecular flexibility index (Phi) is 5.94. The van der Waals surface area contributed by atoms with Crippen molar-refractivity contribution in [2.24, 2.45) is 0 Å². The fourth-order valence-electron chi connectivity index (χ4n) is 3.41. The van der Waals surface area contributed by atoms with Crippen LogP contribution < -0.4 is 20.2 Å². The van der Waals surface area contributed by atoms with E-state index in [0.717, 1.165) is 28.1 Å². The van der Waals surface area contributed by atoms with Gasteiger partial charge in [0.1, 0.15) is 22.8 Å². The van der Waals surface area contributed by atoms with Crippen LogP contribution in [0.5, 0.6) is 11.5 Å². The van der Waals surface area contributed by atoms with E-state index in [9.17, 15) is 9.59 Å². The predicted octanol–water partition coefficient (Wildman–Crippen LogP) is 5.10. The standard InChI is InChI=1S/C26H23NO5/c1-16-4-10-22(17(2)12-16)27-26(29)15-31-20-9-11-24-21(13-20)23(28)14-25(32-24)18-5-7-19(30-3)8-6-18/h4-14H,15H2,1-3H3,(H,27,29). The molecule has 1 heterocycles. The van der Waals surface area contributed by atoms with Crippen molar-refractivity contribution in [3.63, 3.8) is 0 Å². The summed E-state index contributed by atoms with van der Waals surface area (Å²) >= 11 is 0. The molecule has 6 nitrogen and oxygen atoms in total. The molecule has 0 saturated heterocycles. The van der Waals surface area contributed by atoms with Crippen molar-refractivity contribution in [2.75, 3.05) is 19.0 Å². The van der Waals surface area contributed by atoms with E-state index in [2.05, 4.69) is 5.32 Å². The highest BCUT2D eigenvalue weighted by Crippen LogP contribution is 2.26. The highest BCUT2D eigenvalue weighted by atomic mass is 16.5. The van der Waals surface area contributed by atoms with Crippen LogP contribution in [0.3, 0.4) is 0 Å². The lowest BCUT2D eigenvalue weighted by molar-refractivity contribution is -0.118. The lowest BCUT2D eigenvalue weighted by Crippen LogP contribution is -2.20. The monoisotopic (exact) mass is 429 g/mol. The minimum Gasteiger partial charge on any atom is -0.497 e. The molecular weight excluding hydrogens is 406 g/mol. The average Bonchev–Trinajstić information content (AvgIpc) is 2.79. The van der Waals surface area contributed by atoms with E-state index >= 15 is 0 Å². The van der Waals surface area contributed by atoms with Crippen molar-refractivity contribution < 1.29 is 18.7 Å². The van der Waals surface area contributed by atoms with Crippen molar-refractivity contribution in [2.45, 2.75) is 13.8 Å². The lowest BCUT2D eigenvalue weighted by atomic mass is 10.1. The van der Waals surface area contributed by atoms with E-state index < -0.39 is 0 Å². The van der Waals surface area contributed by atoms with Crippen LogP contribution >= 0.6 is 0 Å². The fourth-order valence-corrected chi connectivity index (χ4v) is 3.41. The van der Waals surface area contributed by atoms with Gasteiger partial charge in [-0.3, -0.25) is 9.59 Å². The summed E-state index contributed by atoms with van der Waals surface area (Å²) in [6.45, 7) is 3.76. The number of methoxy groups -OCH3 is 1. The molecule has 3 aromatic carbocycles. The molecule has 0 saturated carbocycles. The fraction of sp³-hybridized carbons (Fsp3) is 0.154. The molecule has 1 N–H and O–H groups in total. The summed E-state index contributed by atoms with van der Waals surface area (Å²) in [7, 11) is 1.60. The summed E-state index contributed by atoms with van der Waals surface area (Å²) < 4.78 is 16.7. The Balaban J connectivity index is 1.49. The van der Waals surface area contributed by atoms with Gasteiger partial charge in [-0.15, -0.1) is 0 Å². The van der Waals surface area contributed by atoms with Crippen molar-refractivity contribution >= 4 is 22.6 Å². The number of anilines is 1. The molecule has 0 fully saturated rings. The van der Waals surface area contributed by atoms with Crippen LogP contribution in [0.25, 0.3) is 22.3 Å². The minimum atomic E-state index is -0.279. The number of nitrogens with one attached hydrogen (secondary N) is 1. The summed E-state index contributed by atoms with van der Waals surface area (Å²) in [5, 5.41) is 3.22. The van der Waals surface area contributed by atoms with E-state index in [1.807, 2.05) is 44.2 Å². The number of ether oxygens (including phenoxy) is 2. The number of fused-ring (bicyclic) bond motifs is 1. The second-order valence-corrected chi connectivity index (χ2v) is 7.52. The molecule has 0 aliphatic rings. The van der Waals surface area contributed by atoms with Gasteiger partial charge in [0, 0.05) is 17.3 Å². The van der Waals surface area contributed by atoms with Gasteiger partial charge in [-0.05, 0) is 67.9 Å². The highest BCUT2D eigenvalue weighted by Gasteiger charge is 2.10. The largest absolute Gasteiger partial charge is 0.497 e. The van der Waals surface area contributed by atoms with Gasteiger partial charge in [0.15, 0.2) is 12.0 Å². The maximum absolute atomic E-state index is 12.7. The first-order valence-corrected chi connectivity index (χ1v) is 10.2. The van der Waals surface area contributed by atoms with Gasteiger partial charge in [-0.1, -0.05) is 17.7 Å². The molecule has 0 aliphatic heterocycles. The number of carbonyl (C=O) groups is 1. The normalized spacial score (nSPS) is 10.7. The van der Waals surface area contributed by atoms with Crippen LogP contribution in [-0.2, 0) is 4.79 Å². The van der Waals surface area contributed by atoms with Gasteiger partial charge < -0.3 is 19.2 Å². The van der Waals surface area contributed by atoms with E-state index in [4.69, 9.17) is 13.9 Å². The van der Waals surface area contributed by atoms with Crippen LogP contribution in [0.4, 0.5) is 5.69 Å². The summed E-state index contributed by atoms with van der Waals surface area (Å²) in [6.07, 6.45) is 0. The van der Waals surface area contributed by atoms with Crippen LogP contribution in [0.1, 0.15) is 11.1 Å². The second kappa shape index (κ2) is 8.98. The van der Waals surface area contributed by atoms with Crippen molar-refractivity contribution in [1.29, 1.82) is 0 Å². The molecule has 4 aromatic rings. The van der Waals surface area contributed by atoms with Gasteiger partial charge >= 0.3 is 0 Å². The number of amides is 1. The Labute approximate surface area is 185 Å². The number of hydrogen-bond acceptors (Lipinski definition) is 5. The molecule has 0 spiro atoms. The van der Waals surface area contributed by atoms with Crippen LogP contribution in [-0.4, -0.2) is 19.6 Å². The summed E-state index contributed by atoms with van der Waals surface area (Å²) in [5.74, 6) is 1.32. The molecule has 32 heavy (non-hydrogen) atoms. The maximum atomic E-state index is 12.7.